The van der Waals surface area contributed by atoms with Crippen molar-refractivity contribution in [3.8, 4) is 0 Å². The maximum absolute atomic E-state index is 11.5. The third-order valence-electron chi connectivity index (χ3n) is 2.00. The summed E-state index contributed by atoms with van der Waals surface area (Å²) in [4.78, 5) is 12.4. The molecule has 1 atom stereocenters. The van der Waals surface area contributed by atoms with Gasteiger partial charge in [0, 0.05) is 11.4 Å². The molecule has 1 unspecified atom stereocenters. The zero-order chi connectivity index (χ0) is 10.1. The van der Waals surface area contributed by atoms with E-state index >= 15 is 0 Å². The van der Waals surface area contributed by atoms with Crippen molar-refractivity contribution in [3.05, 3.63) is 23.2 Å². The van der Waals surface area contributed by atoms with Gasteiger partial charge in [0.15, 0.2) is 0 Å². The Morgan fingerprint density at radius 1 is 1.57 bits per heavy atom. The van der Waals surface area contributed by atoms with Gasteiger partial charge in [0.05, 0.1) is 10.7 Å². The molecular formula is C9H9ClN2OS. The van der Waals surface area contributed by atoms with Gasteiger partial charge >= 0.3 is 0 Å². The summed E-state index contributed by atoms with van der Waals surface area (Å²) in [5.41, 5.74) is 6.18. The number of nitrogens with two attached hydrogens (primary N) is 1. The van der Waals surface area contributed by atoms with Gasteiger partial charge in [-0.25, -0.2) is 0 Å². The lowest BCUT2D eigenvalue weighted by molar-refractivity contribution is -0.115. The molecule has 0 aromatic heterocycles. The summed E-state index contributed by atoms with van der Waals surface area (Å²) >= 11 is 7.40. The Morgan fingerprint density at radius 3 is 3.07 bits per heavy atom. The number of hydrogen-bond acceptors (Lipinski definition) is 3. The molecule has 5 heteroatoms. The van der Waals surface area contributed by atoms with E-state index in [-0.39, 0.29) is 11.2 Å². The number of thioether (sulfide) groups is 1. The quantitative estimate of drug-likeness (QED) is 0.770. The van der Waals surface area contributed by atoms with Gasteiger partial charge in [-0.1, -0.05) is 17.7 Å². The molecule has 3 N–H and O–H groups in total. The fraction of sp³-hybridized carbons (Fsp3) is 0.222. The first-order valence-electron chi connectivity index (χ1n) is 4.18. The van der Waals surface area contributed by atoms with E-state index in [9.17, 15) is 4.79 Å². The van der Waals surface area contributed by atoms with E-state index in [0.29, 0.717) is 17.3 Å². The topological polar surface area (TPSA) is 55.1 Å². The summed E-state index contributed by atoms with van der Waals surface area (Å²) in [5.74, 6) is -0.0712. The Balaban J connectivity index is 2.40. The van der Waals surface area contributed by atoms with Crippen LogP contribution in [-0.2, 0) is 4.79 Å². The van der Waals surface area contributed by atoms with Crippen LogP contribution in [0.5, 0.6) is 0 Å². The lowest BCUT2D eigenvalue weighted by Gasteiger charge is -2.23. The van der Waals surface area contributed by atoms with Crippen LogP contribution in [0.4, 0.5) is 5.69 Å². The van der Waals surface area contributed by atoms with Crippen LogP contribution in [0.3, 0.4) is 0 Å². The number of anilines is 1. The zero-order valence-electron chi connectivity index (χ0n) is 7.29. The molecule has 0 fully saturated rings. The van der Waals surface area contributed by atoms with Crippen LogP contribution in [0.1, 0.15) is 0 Å². The first-order chi connectivity index (χ1) is 6.72. The van der Waals surface area contributed by atoms with Crippen LogP contribution in [0.25, 0.3) is 0 Å². The fourth-order valence-corrected chi connectivity index (χ4v) is 2.57. The third kappa shape index (κ3) is 1.61. The molecule has 2 rings (SSSR count). The lowest BCUT2D eigenvalue weighted by atomic mass is 10.3. The number of amides is 1. The van der Waals surface area contributed by atoms with Gasteiger partial charge in [-0.3, -0.25) is 4.79 Å². The van der Waals surface area contributed by atoms with Gasteiger partial charge in [0.25, 0.3) is 0 Å². The molecule has 1 aromatic carbocycles. The van der Waals surface area contributed by atoms with Gasteiger partial charge in [0.2, 0.25) is 5.91 Å². The number of para-hydroxylation sites is 1. The van der Waals surface area contributed by atoms with Crippen molar-refractivity contribution in [1.82, 2.24) is 0 Å². The molecule has 1 amide bonds. The van der Waals surface area contributed by atoms with Crippen molar-refractivity contribution in [2.24, 2.45) is 5.73 Å². The average Bonchev–Trinajstić information content (AvgIpc) is 2.19. The minimum atomic E-state index is -0.207. The Kier molecular flexibility index (Phi) is 2.67. The van der Waals surface area contributed by atoms with Crippen molar-refractivity contribution in [1.29, 1.82) is 0 Å². The van der Waals surface area contributed by atoms with E-state index in [0.717, 1.165) is 4.90 Å². The smallest absolute Gasteiger partial charge is 0.239 e. The molecule has 1 heterocycles. The number of halogens is 1. The molecule has 1 aromatic rings. The Labute approximate surface area is 91.0 Å². The van der Waals surface area contributed by atoms with Crippen molar-refractivity contribution in [3.63, 3.8) is 0 Å². The van der Waals surface area contributed by atoms with E-state index in [4.69, 9.17) is 17.3 Å². The number of rotatable bonds is 1. The maximum Gasteiger partial charge on any atom is 0.239 e. The Morgan fingerprint density at radius 2 is 2.36 bits per heavy atom. The highest BCUT2D eigenvalue weighted by Crippen LogP contribution is 2.39. The highest BCUT2D eigenvalue weighted by Gasteiger charge is 2.26. The minimum absolute atomic E-state index is 0.0712. The number of nitrogens with one attached hydrogen (secondary N) is 1. The number of fused-ring (bicyclic) bond motifs is 1. The highest BCUT2D eigenvalue weighted by atomic mass is 35.5. The van der Waals surface area contributed by atoms with E-state index in [1.54, 1.807) is 6.07 Å². The summed E-state index contributed by atoms with van der Waals surface area (Å²) in [7, 11) is 0. The molecule has 14 heavy (non-hydrogen) atoms. The summed E-state index contributed by atoms with van der Waals surface area (Å²) in [6.45, 7) is 0.336. The van der Waals surface area contributed by atoms with E-state index in [1.165, 1.54) is 11.8 Å². The normalized spacial score (nSPS) is 20.1. The Bertz CT molecular complexity index is 383. The van der Waals surface area contributed by atoms with Crippen LogP contribution >= 0.6 is 23.4 Å². The second kappa shape index (κ2) is 3.81. The van der Waals surface area contributed by atoms with Gasteiger partial charge in [-0.05, 0) is 12.1 Å². The van der Waals surface area contributed by atoms with Crippen LogP contribution in [0.2, 0.25) is 5.02 Å². The van der Waals surface area contributed by atoms with Gasteiger partial charge in [-0.15, -0.1) is 11.8 Å². The molecular weight excluding hydrogens is 220 g/mol. The molecule has 0 saturated carbocycles. The van der Waals surface area contributed by atoms with Crippen molar-refractivity contribution in [2.75, 3.05) is 11.9 Å². The molecule has 1 aliphatic rings. The second-order valence-corrected chi connectivity index (χ2v) is 4.60. The predicted molar refractivity (Wildman–Crippen MR) is 58.8 cm³/mol. The molecule has 1 aliphatic heterocycles. The van der Waals surface area contributed by atoms with Crippen molar-refractivity contribution >= 4 is 35.0 Å². The average molecular weight is 229 g/mol. The highest BCUT2D eigenvalue weighted by molar-refractivity contribution is 8.01. The SMILES string of the molecule is NCC1Sc2cccc(Cl)c2NC1=O. The molecule has 0 radical (unpaired) electrons. The minimum Gasteiger partial charge on any atom is -0.329 e. The standard InChI is InChI=1S/C9H9ClN2OS/c10-5-2-1-3-6-8(5)12-9(13)7(4-11)14-6/h1-3,7H,4,11H2,(H,12,13). The van der Waals surface area contributed by atoms with Crippen LogP contribution < -0.4 is 11.1 Å². The van der Waals surface area contributed by atoms with Crippen molar-refractivity contribution < 1.29 is 4.79 Å². The van der Waals surface area contributed by atoms with E-state index < -0.39 is 0 Å². The van der Waals surface area contributed by atoms with Gasteiger partial charge in [-0.2, -0.15) is 0 Å². The molecule has 0 bridgehead atoms. The first-order valence-corrected chi connectivity index (χ1v) is 5.44. The van der Waals surface area contributed by atoms with Crippen LogP contribution in [0.15, 0.2) is 23.1 Å². The number of carbonyl (C=O) groups excluding carboxylic acids is 1. The first kappa shape index (κ1) is 9.83. The maximum atomic E-state index is 11.5. The summed E-state index contributed by atoms with van der Waals surface area (Å²) in [6.07, 6.45) is 0. The van der Waals surface area contributed by atoms with E-state index in [1.807, 2.05) is 12.1 Å². The second-order valence-electron chi connectivity index (χ2n) is 2.94. The molecule has 0 spiro atoms. The van der Waals surface area contributed by atoms with Crippen LogP contribution in [-0.4, -0.2) is 17.7 Å². The fourth-order valence-electron chi connectivity index (χ4n) is 1.29. The monoisotopic (exact) mass is 228 g/mol. The number of hydrogen-bond donors (Lipinski definition) is 2. The van der Waals surface area contributed by atoms with Gasteiger partial charge in [0.1, 0.15) is 5.25 Å². The summed E-state index contributed by atoms with van der Waals surface area (Å²) in [6, 6.07) is 5.54. The van der Waals surface area contributed by atoms with Crippen molar-refractivity contribution in [2.45, 2.75) is 10.1 Å². The number of carbonyl (C=O) groups is 1. The number of benzene rings is 1. The molecule has 3 nitrogen and oxygen atoms in total. The predicted octanol–water partition coefficient (Wildman–Crippen LogP) is 1.71. The molecule has 0 aliphatic carbocycles. The summed E-state index contributed by atoms with van der Waals surface area (Å²) in [5, 5.41) is 3.12. The molecule has 74 valence electrons. The van der Waals surface area contributed by atoms with Gasteiger partial charge < -0.3 is 11.1 Å². The third-order valence-corrected chi connectivity index (χ3v) is 3.60. The molecule has 0 saturated heterocycles. The summed E-state index contributed by atoms with van der Waals surface area (Å²) < 4.78 is 0. The largest absolute Gasteiger partial charge is 0.329 e. The van der Waals surface area contributed by atoms with E-state index in [2.05, 4.69) is 5.32 Å². The zero-order valence-corrected chi connectivity index (χ0v) is 8.86. The van der Waals surface area contributed by atoms with Crippen LogP contribution in [0, 0.1) is 0 Å². The Hall–Kier alpha value is -0.710. The lowest BCUT2D eigenvalue weighted by Crippen LogP contribution is -2.34.